The molecule has 0 heterocycles. The molecule has 0 aromatic heterocycles. The van der Waals surface area contributed by atoms with E-state index in [2.05, 4.69) is 14.7 Å². The molecule has 60 heavy (non-hydrogen) atoms. The van der Waals surface area contributed by atoms with E-state index >= 15 is 0 Å². The van der Waals surface area contributed by atoms with E-state index in [0.717, 1.165) is 0 Å². The summed E-state index contributed by atoms with van der Waals surface area (Å²) in [5.41, 5.74) is 4.50. The second kappa shape index (κ2) is 25.4. The summed E-state index contributed by atoms with van der Waals surface area (Å²) in [7, 11) is -4.10. The molecule has 24 heteroatoms. The predicted octanol–water partition coefficient (Wildman–Crippen LogP) is 9.12. The average molecular weight is 953 g/mol. The number of carbonyl (C=O) groups is 3. The zero-order valence-corrected chi connectivity index (χ0v) is 39.8. The van der Waals surface area contributed by atoms with Crippen LogP contribution in [0.5, 0.6) is 11.5 Å². The SMILES string of the molecule is C[C@H](N)C(=O)OCC(C)(C)C.C[C@H](NP(=O)(N[C@@H](C)C(=O)OCC(C)(C)C)Oc1ccc([N+](=O)[O-])cc1)C(=O)OCC(C)(C)C.Cl.O=[N+]([O-])c1ccc(OP(=O)(Cl)Cl)cc1. The summed E-state index contributed by atoms with van der Waals surface area (Å²) in [6.07, 6.45) is -3.65. The molecule has 342 valence electrons. The lowest BCUT2D eigenvalue weighted by molar-refractivity contribution is -0.385. The van der Waals surface area contributed by atoms with E-state index < -0.39 is 53.7 Å². The first-order chi connectivity index (χ1) is 26.6. The number of nitro benzene ring substituents is 2. The molecule has 0 radical (unpaired) electrons. The van der Waals surface area contributed by atoms with E-state index in [-0.39, 0.29) is 70.7 Å². The Hall–Kier alpha value is -3.54. The van der Waals surface area contributed by atoms with Gasteiger partial charge in [-0.2, -0.15) is 0 Å². The predicted molar refractivity (Wildman–Crippen MR) is 232 cm³/mol. The quantitative estimate of drug-likeness (QED) is 0.0465. The molecule has 2 aromatic carbocycles. The Morgan fingerprint density at radius 3 is 1.17 bits per heavy atom. The van der Waals surface area contributed by atoms with Crippen LogP contribution in [-0.2, 0) is 37.7 Å². The lowest BCUT2D eigenvalue weighted by Crippen LogP contribution is -2.43. The number of nitrogens with two attached hydrogens (primary N) is 1. The van der Waals surface area contributed by atoms with E-state index in [4.69, 9.17) is 46.9 Å². The van der Waals surface area contributed by atoms with Gasteiger partial charge in [0.25, 0.3) is 11.4 Å². The van der Waals surface area contributed by atoms with Gasteiger partial charge in [-0.1, -0.05) is 62.3 Å². The van der Waals surface area contributed by atoms with Crippen LogP contribution in [0.4, 0.5) is 11.4 Å². The highest BCUT2D eigenvalue weighted by molar-refractivity contribution is 8.05. The van der Waals surface area contributed by atoms with Crippen molar-refractivity contribution in [3.8, 4) is 11.5 Å². The number of benzene rings is 2. The van der Waals surface area contributed by atoms with Crippen molar-refractivity contribution in [2.24, 2.45) is 22.0 Å². The third kappa shape index (κ3) is 28.1. The summed E-state index contributed by atoms with van der Waals surface area (Å²) in [6, 6.07) is 7.16. The number of nitro groups is 2. The first-order valence-corrected chi connectivity index (χ1v) is 23.0. The molecule has 0 amide bonds. The summed E-state index contributed by atoms with van der Waals surface area (Å²) < 4.78 is 50.0. The molecule has 2 rings (SSSR count). The standard InChI is InChI=1S/C22H36N3O8P.C8H17NO2.C6H4Cl2NO4P.ClH/c1-15(19(26)31-13-21(3,4)5)23-34(30,24-16(2)20(27)32-14-22(6,7)8)33-18-11-9-17(10-12-18)25(28)29;1-6(9)7(10)11-5-8(2,3)4;7-14(8,12)13-6-3-1-5(2-4-6)9(10)11;/h9-12,15-16H,13-14H2,1-8H3,(H2,23,24,30);6H,5,9H2,1-4H3;1-4H;1H/t15-,16-;6-;;/m00../s1. The van der Waals surface area contributed by atoms with E-state index in [1.54, 1.807) is 6.92 Å². The molecule has 0 bridgehead atoms. The normalized spacial score (nSPS) is 13.2. The number of nitrogens with zero attached hydrogens (tertiary/aromatic N) is 2. The Balaban J connectivity index is 0. The van der Waals surface area contributed by atoms with Crippen molar-refractivity contribution in [2.45, 2.75) is 101 Å². The Morgan fingerprint density at radius 2 is 0.917 bits per heavy atom. The van der Waals surface area contributed by atoms with Gasteiger partial charge in [-0.3, -0.25) is 34.6 Å². The molecule has 0 fully saturated rings. The molecule has 0 aliphatic heterocycles. The molecule has 19 nitrogen and oxygen atoms in total. The van der Waals surface area contributed by atoms with Gasteiger partial charge in [0.05, 0.1) is 29.7 Å². The molecule has 4 N–H and O–H groups in total. The lowest BCUT2D eigenvalue weighted by Gasteiger charge is -2.27. The van der Waals surface area contributed by atoms with Crippen LogP contribution >= 0.6 is 48.6 Å². The first kappa shape index (κ1) is 58.6. The smallest absolute Gasteiger partial charge is 0.428 e. The van der Waals surface area contributed by atoms with Gasteiger partial charge < -0.3 is 29.0 Å². The van der Waals surface area contributed by atoms with E-state index in [0.29, 0.717) is 6.61 Å². The fraction of sp³-hybridized carbons (Fsp3) is 0.583. The lowest BCUT2D eigenvalue weighted by atomic mass is 9.99. The molecule has 2 aromatic rings. The van der Waals surface area contributed by atoms with Gasteiger partial charge in [0.2, 0.25) is 0 Å². The Kier molecular flexibility index (Phi) is 24.8. The molecule has 0 aliphatic rings. The number of halogens is 3. The number of nitrogens with one attached hydrogen (secondary N) is 2. The summed E-state index contributed by atoms with van der Waals surface area (Å²) in [4.78, 5) is 55.7. The average Bonchev–Trinajstić information content (AvgIpc) is 3.07. The number of non-ortho nitro benzene ring substituents is 2. The van der Waals surface area contributed by atoms with Gasteiger partial charge in [0.1, 0.15) is 29.6 Å². The Morgan fingerprint density at radius 1 is 0.633 bits per heavy atom. The summed E-state index contributed by atoms with van der Waals surface area (Å²) in [5.74, 6) is -1.51. The van der Waals surface area contributed by atoms with Gasteiger partial charge in [-0.15, -0.1) is 12.4 Å². The minimum Gasteiger partial charge on any atom is -0.464 e. The topological polar surface area (TPSA) is 268 Å². The Labute approximate surface area is 366 Å². The zero-order chi connectivity index (χ0) is 46.2. The molecular weight excluding hydrogens is 895 g/mol. The van der Waals surface area contributed by atoms with Crippen LogP contribution in [0.2, 0.25) is 0 Å². The van der Waals surface area contributed by atoms with Gasteiger partial charge in [0.15, 0.2) is 0 Å². The van der Waals surface area contributed by atoms with Crippen molar-refractivity contribution in [1.29, 1.82) is 0 Å². The highest BCUT2D eigenvalue weighted by Gasteiger charge is 2.35. The van der Waals surface area contributed by atoms with Crippen LogP contribution in [0.3, 0.4) is 0 Å². The highest BCUT2D eigenvalue weighted by Crippen LogP contribution is 2.57. The van der Waals surface area contributed by atoms with E-state index in [9.17, 15) is 43.7 Å². The van der Waals surface area contributed by atoms with Crippen LogP contribution in [0.15, 0.2) is 48.5 Å². The van der Waals surface area contributed by atoms with Crippen LogP contribution in [0.25, 0.3) is 0 Å². The van der Waals surface area contributed by atoms with Crippen LogP contribution in [0.1, 0.15) is 83.1 Å². The summed E-state index contributed by atoms with van der Waals surface area (Å²) in [6.45, 7) is 22.6. The van der Waals surface area contributed by atoms with Crippen LogP contribution in [0, 0.1) is 36.5 Å². The van der Waals surface area contributed by atoms with Crippen molar-refractivity contribution < 1.29 is 56.6 Å². The molecule has 0 unspecified atom stereocenters. The first-order valence-electron chi connectivity index (χ1n) is 17.9. The number of ether oxygens (including phenoxy) is 3. The third-order valence-electron chi connectivity index (χ3n) is 6.29. The second-order valence-electron chi connectivity index (χ2n) is 16.6. The fourth-order valence-corrected chi connectivity index (χ4v) is 6.15. The molecule has 3 atom stereocenters. The maximum Gasteiger partial charge on any atom is 0.428 e. The maximum absolute atomic E-state index is 13.6. The van der Waals surface area contributed by atoms with Gasteiger partial charge >= 0.3 is 31.7 Å². The number of rotatable bonds is 16. The van der Waals surface area contributed by atoms with Gasteiger partial charge in [-0.25, -0.2) is 19.3 Å². The second-order valence-corrected chi connectivity index (χ2v) is 22.6. The highest BCUT2D eigenvalue weighted by atomic mass is 35.9. The summed E-state index contributed by atoms with van der Waals surface area (Å²) in [5, 5.41) is 26.3. The number of hydrogen-bond donors (Lipinski definition) is 3. The monoisotopic (exact) mass is 951 g/mol. The van der Waals surface area contributed by atoms with Gasteiger partial charge in [-0.05, 0) is 61.3 Å². The summed E-state index contributed by atoms with van der Waals surface area (Å²) >= 11 is 10.3. The minimum absolute atomic E-state index is 0. The van der Waals surface area contributed by atoms with Crippen molar-refractivity contribution in [1.82, 2.24) is 10.2 Å². The van der Waals surface area contributed by atoms with Crippen LogP contribution < -0.4 is 25.0 Å². The van der Waals surface area contributed by atoms with E-state index in [1.165, 1.54) is 62.4 Å². The van der Waals surface area contributed by atoms with Crippen molar-refractivity contribution in [3.05, 3.63) is 68.8 Å². The number of hydrogen-bond acceptors (Lipinski definition) is 15. The molecule has 0 saturated heterocycles. The zero-order valence-electron chi connectivity index (χ0n) is 35.7. The number of carbonyl (C=O) groups excluding carboxylic acids is 3. The third-order valence-corrected chi connectivity index (χ3v) is 9.05. The van der Waals surface area contributed by atoms with Crippen LogP contribution in [-0.4, -0.2) is 65.7 Å². The molecular formula is C36H58Cl3N5O14P2. The number of esters is 3. The molecule has 0 saturated carbocycles. The fourth-order valence-electron chi connectivity index (χ4n) is 3.48. The van der Waals surface area contributed by atoms with Crippen molar-refractivity contribution in [3.63, 3.8) is 0 Å². The van der Waals surface area contributed by atoms with Crippen molar-refractivity contribution in [2.75, 3.05) is 19.8 Å². The Bertz CT molecular complexity index is 1750. The molecule has 0 spiro atoms. The van der Waals surface area contributed by atoms with Crippen molar-refractivity contribution >= 4 is 77.9 Å². The minimum atomic E-state index is -4.10. The molecule has 0 aliphatic carbocycles. The largest absolute Gasteiger partial charge is 0.464 e. The van der Waals surface area contributed by atoms with Gasteiger partial charge in [0, 0.05) is 46.7 Å². The van der Waals surface area contributed by atoms with E-state index in [1.807, 2.05) is 62.3 Å². The maximum atomic E-state index is 13.6.